The van der Waals surface area contributed by atoms with Crippen molar-refractivity contribution in [3.8, 4) is 11.4 Å². The molecule has 0 fully saturated rings. The Kier molecular flexibility index (Phi) is 5.88. The van der Waals surface area contributed by atoms with Crippen LogP contribution >= 0.6 is 0 Å². The summed E-state index contributed by atoms with van der Waals surface area (Å²) in [4.78, 5) is 21.0. The first-order valence-corrected chi connectivity index (χ1v) is 10.1. The van der Waals surface area contributed by atoms with E-state index in [1.54, 1.807) is 25.1 Å². The van der Waals surface area contributed by atoms with Crippen LogP contribution in [0.2, 0.25) is 0 Å². The van der Waals surface area contributed by atoms with Crippen molar-refractivity contribution in [1.82, 2.24) is 19.5 Å². The highest BCUT2D eigenvalue weighted by Gasteiger charge is 2.35. The predicted molar refractivity (Wildman–Crippen MR) is 111 cm³/mol. The summed E-state index contributed by atoms with van der Waals surface area (Å²) in [7, 11) is 0. The average Bonchev–Trinajstić information content (AvgIpc) is 3.39. The molecule has 0 aliphatic carbocycles. The fourth-order valence-electron chi connectivity index (χ4n) is 3.18. The molecule has 3 heterocycles. The summed E-state index contributed by atoms with van der Waals surface area (Å²) in [5.74, 6) is -2.10. The van der Waals surface area contributed by atoms with Crippen molar-refractivity contribution < 1.29 is 26.9 Å². The van der Waals surface area contributed by atoms with Gasteiger partial charge in [-0.3, -0.25) is 9.20 Å². The fourth-order valence-corrected chi connectivity index (χ4v) is 3.18. The van der Waals surface area contributed by atoms with Crippen LogP contribution in [0, 0.1) is 18.7 Å². The first-order chi connectivity index (χ1) is 15.6. The van der Waals surface area contributed by atoms with Crippen molar-refractivity contribution in [3.05, 3.63) is 65.7 Å². The Bertz CT molecular complexity index is 1310. The third-order valence-electron chi connectivity index (χ3n) is 5.27. The van der Waals surface area contributed by atoms with Crippen LogP contribution in [0.4, 0.5) is 23.2 Å². The summed E-state index contributed by atoms with van der Waals surface area (Å²) in [6.07, 6.45) is -1.68. The van der Waals surface area contributed by atoms with Crippen LogP contribution in [0.1, 0.15) is 35.3 Å². The molecule has 1 aromatic carbocycles. The zero-order chi connectivity index (χ0) is 23.8. The molecular weight excluding hydrogens is 442 g/mol. The summed E-state index contributed by atoms with van der Waals surface area (Å²) < 4.78 is 58.0. The number of imidazole rings is 1. The van der Waals surface area contributed by atoms with Gasteiger partial charge in [0.25, 0.3) is 5.91 Å². The molecule has 3 aromatic heterocycles. The van der Waals surface area contributed by atoms with Gasteiger partial charge in [-0.1, -0.05) is 24.2 Å². The Morgan fingerprint density at radius 2 is 2.03 bits per heavy atom. The van der Waals surface area contributed by atoms with Crippen molar-refractivity contribution in [2.24, 2.45) is 5.92 Å². The lowest BCUT2D eigenvalue weighted by Crippen LogP contribution is -2.20. The van der Waals surface area contributed by atoms with E-state index in [9.17, 15) is 22.4 Å². The highest BCUT2D eigenvalue weighted by atomic mass is 19.4. The number of pyridine rings is 1. The second kappa shape index (κ2) is 8.64. The number of fused-ring (bicyclic) bond motifs is 1. The lowest BCUT2D eigenvalue weighted by Gasteiger charge is -2.13. The lowest BCUT2D eigenvalue weighted by molar-refractivity contribution is -0.171. The van der Waals surface area contributed by atoms with Gasteiger partial charge in [0.15, 0.2) is 0 Å². The zero-order valence-electron chi connectivity index (χ0n) is 17.7. The minimum Gasteiger partial charge on any atom is -0.339 e. The summed E-state index contributed by atoms with van der Waals surface area (Å²) in [5.41, 5.74) is 2.27. The van der Waals surface area contributed by atoms with Crippen molar-refractivity contribution in [2.45, 2.75) is 32.9 Å². The number of nitrogens with one attached hydrogen (secondary N) is 1. The Morgan fingerprint density at radius 1 is 1.24 bits per heavy atom. The third kappa shape index (κ3) is 4.86. The number of rotatable bonds is 6. The van der Waals surface area contributed by atoms with Crippen LogP contribution in [0.5, 0.6) is 0 Å². The SMILES string of the molecule is Cc1ccc(-c2noc(CCC(C)C(F)(F)F)n2)cc1NC(=O)c1cnc2cc(F)ccn12. The highest BCUT2D eigenvalue weighted by molar-refractivity contribution is 6.04. The Labute approximate surface area is 185 Å². The van der Waals surface area contributed by atoms with Crippen LogP contribution < -0.4 is 5.32 Å². The Balaban J connectivity index is 1.51. The molecule has 0 aliphatic rings. The van der Waals surface area contributed by atoms with Gasteiger partial charge in [0.05, 0.1) is 12.1 Å². The first-order valence-electron chi connectivity index (χ1n) is 10.1. The van der Waals surface area contributed by atoms with Gasteiger partial charge in [-0.2, -0.15) is 18.2 Å². The predicted octanol–water partition coefficient (Wildman–Crippen LogP) is 5.22. The minimum absolute atomic E-state index is 0.00197. The largest absolute Gasteiger partial charge is 0.391 e. The third-order valence-corrected chi connectivity index (χ3v) is 5.27. The monoisotopic (exact) mass is 461 g/mol. The van der Waals surface area contributed by atoms with Crippen molar-refractivity contribution in [1.29, 1.82) is 0 Å². The maximum atomic E-state index is 13.4. The number of hydrogen-bond donors (Lipinski definition) is 1. The second-order valence-electron chi connectivity index (χ2n) is 7.69. The van der Waals surface area contributed by atoms with E-state index in [0.29, 0.717) is 16.9 Å². The summed E-state index contributed by atoms with van der Waals surface area (Å²) >= 11 is 0. The van der Waals surface area contributed by atoms with E-state index in [0.717, 1.165) is 12.5 Å². The van der Waals surface area contributed by atoms with Crippen molar-refractivity contribution in [2.75, 3.05) is 5.32 Å². The molecule has 4 aromatic rings. The molecule has 0 saturated carbocycles. The van der Waals surface area contributed by atoms with E-state index < -0.39 is 23.8 Å². The number of benzene rings is 1. The smallest absolute Gasteiger partial charge is 0.339 e. The van der Waals surface area contributed by atoms with Crippen LogP contribution in [-0.4, -0.2) is 31.6 Å². The molecule has 33 heavy (non-hydrogen) atoms. The van der Waals surface area contributed by atoms with E-state index in [1.807, 2.05) is 0 Å². The molecule has 7 nitrogen and oxygen atoms in total. The minimum atomic E-state index is -4.28. The van der Waals surface area contributed by atoms with E-state index in [2.05, 4.69) is 20.4 Å². The van der Waals surface area contributed by atoms with Gasteiger partial charge in [0.2, 0.25) is 11.7 Å². The number of nitrogens with zero attached hydrogens (tertiary/aromatic N) is 4. The van der Waals surface area contributed by atoms with Gasteiger partial charge in [0.1, 0.15) is 17.2 Å². The molecule has 4 rings (SSSR count). The maximum Gasteiger partial charge on any atom is 0.391 e. The normalized spacial score (nSPS) is 12.8. The molecular formula is C22H19F4N5O2. The van der Waals surface area contributed by atoms with Gasteiger partial charge in [-0.05, 0) is 31.0 Å². The van der Waals surface area contributed by atoms with Crippen molar-refractivity contribution >= 4 is 17.2 Å². The molecule has 1 unspecified atom stereocenters. The number of halogens is 4. The summed E-state index contributed by atoms with van der Waals surface area (Å²) in [6, 6.07) is 7.54. The first kappa shape index (κ1) is 22.4. The fraction of sp³-hybridized carbons (Fsp3) is 0.273. The summed E-state index contributed by atoms with van der Waals surface area (Å²) in [6.45, 7) is 2.90. The molecule has 0 spiro atoms. The number of amides is 1. The van der Waals surface area contributed by atoms with E-state index >= 15 is 0 Å². The molecule has 11 heteroatoms. The quantitative estimate of drug-likeness (QED) is 0.398. The van der Waals surface area contributed by atoms with Crippen LogP contribution in [0.15, 0.2) is 47.2 Å². The van der Waals surface area contributed by atoms with Gasteiger partial charge < -0.3 is 9.84 Å². The lowest BCUT2D eigenvalue weighted by atomic mass is 10.1. The van der Waals surface area contributed by atoms with E-state index in [-0.39, 0.29) is 30.3 Å². The number of aryl methyl sites for hydroxylation is 2. The van der Waals surface area contributed by atoms with Crippen LogP contribution in [0.25, 0.3) is 17.0 Å². The number of hydrogen-bond acceptors (Lipinski definition) is 5. The number of carbonyl (C=O) groups excluding carboxylic acids is 1. The van der Waals surface area contributed by atoms with Gasteiger partial charge in [-0.15, -0.1) is 0 Å². The molecule has 0 saturated heterocycles. The molecule has 0 bridgehead atoms. The zero-order valence-corrected chi connectivity index (χ0v) is 17.7. The van der Waals surface area contributed by atoms with E-state index in [4.69, 9.17) is 4.52 Å². The molecule has 0 aliphatic heterocycles. The molecule has 1 amide bonds. The Hall–Kier alpha value is -3.76. The maximum absolute atomic E-state index is 13.4. The van der Waals surface area contributed by atoms with Crippen LogP contribution in [0.3, 0.4) is 0 Å². The van der Waals surface area contributed by atoms with Gasteiger partial charge in [-0.25, -0.2) is 9.37 Å². The number of carbonyl (C=O) groups is 1. The molecule has 172 valence electrons. The Morgan fingerprint density at radius 3 is 2.79 bits per heavy atom. The standard InChI is InChI=1S/C22H19F4N5O2/c1-12-3-5-14(20-29-19(33-30-20)6-4-13(2)22(24,25)26)9-16(12)28-21(32)17-11-27-18-10-15(23)7-8-31(17)18/h3,5,7-11,13H,4,6H2,1-2H3,(H,28,32). The topological polar surface area (TPSA) is 85.3 Å². The average molecular weight is 461 g/mol. The highest BCUT2D eigenvalue weighted by Crippen LogP contribution is 2.30. The number of aromatic nitrogens is 4. The van der Waals surface area contributed by atoms with Gasteiger partial charge in [0, 0.05) is 29.9 Å². The number of anilines is 1. The summed E-state index contributed by atoms with van der Waals surface area (Å²) in [5, 5.41) is 6.63. The van der Waals surface area contributed by atoms with Gasteiger partial charge >= 0.3 is 6.18 Å². The molecule has 1 atom stereocenters. The van der Waals surface area contributed by atoms with E-state index in [1.165, 1.54) is 28.9 Å². The number of alkyl halides is 3. The molecule has 0 radical (unpaired) electrons. The van der Waals surface area contributed by atoms with Crippen molar-refractivity contribution in [3.63, 3.8) is 0 Å². The van der Waals surface area contributed by atoms with Crippen LogP contribution in [-0.2, 0) is 6.42 Å². The molecule has 1 N–H and O–H groups in total. The second-order valence-corrected chi connectivity index (χ2v) is 7.69.